The maximum absolute atomic E-state index is 13.5. The zero-order chi connectivity index (χ0) is 18.0. The van der Waals surface area contributed by atoms with Gasteiger partial charge in [-0.3, -0.25) is 4.90 Å². The smallest absolute Gasteiger partial charge is 0.244 e. The predicted octanol–water partition coefficient (Wildman–Crippen LogP) is 2.68. The van der Waals surface area contributed by atoms with Crippen molar-refractivity contribution in [2.45, 2.75) is 11.4 Å². The molecule has 0 unspecified atom stereocenters. The summed E-state index contributed by atoms with van der Waals surface area (Å²) in [7, 11) is -3.72. The average Bonchev–Trinajstić information content (AvgIpc) is 2.59. The lowest BCUT2D eigenvalue weighted by Gasteiger charge is -2.34. The number of anilines is 1. The van der Waals surface area contributed by atoms with Gasteiger partial charge in [0.15, 0.2) is 0 Å². The number of benzene rings is 2. The molecule has 0 atom stereocenters. The first-order valence-electron chi connectivity index (χ1n) is 7.89. The van der Waals surface area contributed by atoms with Crippen molar-refractivity contribution in [1.29, 1.82) is 0 Å². The lowest BCUT2D eigenvalue weighted by Crippen LogP contribution is -2.48. The summed E-state index contributed by atoms with van der Waals surface area (Å²) in [6.45, 7) is 2.85. The Bertz CT molecular complexity index is 854. The quantitative estimate of drug-likeness (QED) is 0.761. The fourth-order valence-electron chi connectivity index (χ4n) is 2.85. The lowest BCUT2D eigenvalue weighted by atomic mass is 10.2. The highest BCUT2D eigenvalue weighted by atomic mass is 79.9. The second kappa shape index (κ2) is 7.41. The van der Waals surface area contributed by atoms with Crippen molar-refractivity contribution in [1.82, 2.24) is 9.21 Å². The summed E-state index contributed by atoms with van der Waals surface area (Å²) < 4.78 is 40.8. The number of nitrogen functional groups attached to an aromatic ring is 1. The van der Waals surface area contributed by atoms with Crippen molar-refractivity contribution < 1.29 is 12.8 Å². The van der Waals surface area contributed by atoms with E-state index in [4.69, 9.17) is 5.73 Å². The molecule has 1 aliphatic heterocycles. The van der Waals surface area contributed by atoms with Crippen molar-refractivity contribution in [2.75, 3.05) is 31.9 Å². The van der Waals surface area contributed by atoms with E-state index in [-0.39, 0.29) is 15.1 Å². The summed E-state index contributed by atoms with van der Waals surface area (Å²) in [4.78, 5) is 2.22. The first-order chi connectivity index (χ1) is 11.9. The molecule has 0 saturated carbocycles. The predicted molar refractivity (Wildman–Crippen MR) is 99.0 cm³/mol. The zero-order valence-electron chi connectivity index (χ0n) is 13.5. The summed E-state index contributed by atoms with van der Waals surface area (Å²) in [5.74, 6) is -0.640. The van der Waals surface area contributed by atoms with E-state index in [1.165, 1.54) is 15.9 Å². The molecule has 2 aromatic rings. The van der Waals surface area contributed by atoms with Crippen LogP contribution >= 0.6 is 15.9 Å². The highest BCUT2D eigenvalue weighted by Crippen LogP contribution is 2.29. The minimum Gasteiger partial charge on any atom is -0.396 e. The summed E-state index contributed by atoms with van der Waals surface area (Å²) in [6.07, 6.45) is 0. The normalized spacial score (nSPS) is 16.9. The van der Waals surface area contributed by atoms with Crippen molar-refractivity contribution in [3.05, 3.63) is 58.3 Å². The van der Waals surface area contributed by atoms with Gasteiger partial charge < -0.3 is 5.73 Å². The summed E-state index contributed by atoms with van der Waals surface area (Å²) in [5.41, 5.74) is 6.56. The van der Waals surface area contributed by atoms with Crippen molar-refractivity contribution in [3.63, 3.8) is 0 Å². The van der Waals surface area contributed by atoms with Gasteiger partial charge in [-0.15, -0.1) is 0 Å². The van der Waals surface area contributed by atoms with E-state index >= 15 is 0 Å². The van der Waals surface area contributed by atoms with E-state index in [0.717, 1.165) is 12.6 Å². The third kappa shape index (κ3) is 4.03. The molecule has 3 rings (SSSR count). The minimum atomic E-state index is -3.72. The maximum Gasteiger partial charge on any atom is 0.244 e. The molecule has 0 spiro atoms. The Morgan fingerprint density at radius 3 is 2.36 bits per heavy atom. The molecule has 0 aliphatic carbocycles. The molecule has 25 heavy (non-hydrogen) atoms. The monoisotopic (exact) mass is 427 g/mol. The molecule has 1 aliphatic rings. The second-order valence-electron chi connectivity index (χ2n) is 5.97. The van der Waals surface area contributed by atoms with E-state index in [9.17, 15) is 12.8 Å². The zero-order valence-corrected chi connectivity index (χ0v) is 15.9. The van der Waals surface area contributed by atoms with Crippen LogP contribution in [-0.4, -0.2) is 43.8 Å². The number of nitrogens with zero attached hydrogens (tertiary/aromatic N) is 2. The molecular weight excluding hydrogens is 409 g/mol. The number of hydrogen-bond acceptors (Lipinski definition) is 4. The topological polar surface area (TPSA) is 66.6 Å². The molecule has 0 bridgehead atoms. The van der Waals surface area contributed by atoms with Gasteiger partial charge in [-0.25, -0.2) is 12.8 Å². The third-order valence-corrected chi connectivity index (χ3v) is 7.11. The average molecular weight is 428 g/mol. The molecule has 134 valence electrons. The van der Waals surface area contributed by atoms with E-state index in [2.05, 4.69) is 33.0 Å². The Hall–Kier alpha value is -1.48. The number of nitrogens with two attached hydrogens (primary N) is 1. The van der Waals surface area contributed by atoms with Gasteiger partial charge in [-0.2, -0.15) is 4.31 Å². The van der Waals surface area contributed by atoms with Crippen molar-refractivity contribution in [2.24, 2.45) is 0 Å². The van der Waals surface area contributed by atoms with Crippen LogP contribution in [0.15, 0.2) is 51.8 Å². The first-order valence-corrected chi connectivity index (χ1v) is 10.1. The van der Waals surface area contributed by atoms with Crippen molar-refractivity contribution >= 4 is 31.6 Å². The van der Waals surface area contributed by atoms with E-state index in [1.807, 2.05) is 18.2 Å². The largest absolute Gasteiger partial charge is 0.396 e. The van der Waals surface area contributed by atoms with E-state index < -0.39 is 15.8 Å². The van der Waals surface area contributed by atoms with Gasteiger partial charge >= 0.3 is 0 Å². The van der Waals surface area contributed by atoms with Gasteiger partial charge in [0.25, 0.3) is 0 Å². The Morgan fingerprint density at radius 2 is 1.72 bits per heavy atom. The van der Waals surface area contributed by atoms with E-state index in [0.29, 0.717) is 26.2 Å². The molecule has 2 aromatic carbocycles. The second-order valence-corrected chi connectivity index (χ2v) is 8.73. The standard InChI is InChI=1S/C17H19BrFN3O2S/c18-14-10-15(19)16(20)11-17(14)25(23,24)22-8-6-21(7-9-22)12-13-4-2-1-3-5-13/h1-5,10-11H,6-9,12,20H2. The molecule has 0 radical (unpaired) electrons. The van der Waals surface area contributed by atoms with Gasteiger partial charge in [-0.1, -0.05) is 30.3 Å². The number of sulfonamides is 1. The van der Waals surface area contributed by atoms with Gasteiger partial charge in [0.05, 0.1) is 10.6 Å². The maximum atomic E-state index is 13.5. The Balaban J connectivity index is 1.71. The molecule has 0 aromatic heterocycles. The molecule has 8 heteroatoms. The van der Waals surface area contributed by atoms with Crippen LogP contribution in [0.4, 0.5) is 10.1 Å². The van der Waals surface area contributed by atoms with Crippen LogP contribution in [0.5, 0.6) is 0 Å². The highest BCUT2D eigenvalue weighted by Gasteiger charge is 2.30. The van der Waals surface area contributed by atoms with Crippen LogP contribution in [0.2, 0.25) is 0 Å². The number of piperazine rings is 1. The minimum absolute atomic E-state index is 0.00269. The third-order valence-electron chi connectivity index (χ3n) is 4.25. The van der Waals surface area contributed by atoms with Gasteiger partial charge in [-0.05, 0) is 33.6 Å². The van der Waals surface area contributed by atoms with Crippen LogP contribution in [0, 0.1) is 5.82 Å². The molecule has 1 saturated heterocycles. The molecular formula is C17H19BrFN3O2S. The van der Waals surface area contributed by atoms with Crippen LogP contribution in [0.25, 0.3) is 0 Å². The molecule has 1 fully saturated rings. The SMILES string of the molecule is Nc1cc(S(=O)(=O)N2CCN(Cc3ccccc3)CC2)c(Br)cc1F. The van der Waals surface area contributed by atoms with Crippen molar-refractivity contribution in [3.8, 4) is 0 Å². The molecule has 1 heterocycles. The molecule has 0 amide bonds. The summed E-state index contributed by atoms with van der Waals surface area (Å²) in [6, 6.07) is 12.3. The van der Waals surface area contributed by atoms with Gasteiger partial charge in [0.1, 0.15) is 5.82 Å². The van der Waals surface area contributed by atoms with Crippen LogP contribution in [0.3, 0.4) is 0 Å². The molecule has 2 N–H and O–H groups in total. The van der Waals surface area contributed by atoms with Crippen LogP contribution in [-0.2, 0) is 16.6 Å². The van der Waals surface area contributed by atoms with E-state index in [1.54, 1.807) is 0 Å². The van der Waals surface area contributed by atoms with Gasteiger partial charge in [0, 0.05) is 37.2 Å². The fourth-order valence-corrected chi connectivity index (χ4v) is 5.28. The van der Waals surface area contributed by atoms with Crippen LogP contribution in [0.1, 0.15) is 5.56 Å². The van der Waals surface area contributed by atoms with Crippen LogP contribution < -0.4 is 5.73 Å². The Morgan fingerprint density at radius 1 is 1.08 bits per heavy atom. The Kier molecular flexibility index (Phi) is 5.43. The van der Waals surface area contributed by atoms with Gasteiger partial charge in [0.2, 0.25) is 10.0 Å². The summed E-state index contributed by atoms with van der Waals surface area (Å²) in [5, 5.41) is 0. The molecule has 5 nitrogen and oxygen atoms in total. The highest BCUT2D eigenvalue weighted by molar-refractivity contribution is 9.10. The first kappa shape index (κ1) is 18.3. The number of halogens is 2. The number of rotatable bonds is 4. The number of hydrogen-bond donors (Lipinski definition) is 1. The summed E-state index contributed by atoms with van der Waals surface area (Å²) >= 11 is 3.13. The lowest BCUT2D eigenvalue weighted by molar-refractivity contribution is 0.181. The Labute approximate surface area is 155 Å². The fraction of sp³-hybridized carbons (Fsp3) is 0.294.